The Balaban J connectivity index is 2.06. The lowest BCUT2D eigenvalue weighted by Gasteiger charge is -2.07. The maximum absolute atomic E-state index is 4.89. The third-order valence-corrected chi connectivity index (χ3v) is 3.98. The topological polar surface area (TPSA) is 12.9 Å². The first-order chi connectivity index (χ1) is 9.22. The van der Waals surface area contributed by atoms with Crippen molar-refractivity contribution < 1.29 is 0 Å². The van der Waals surface area contributed by atoms with E-state index in [1.165, 1.54) is 38.9 Å². The number of hydrogen-bond acceptors (Lipinski definition) is 1. The zero-order valence-electron chi connectivity index (χ0n) is 11.2. The van der Waals surface area contributed by atoms with E-state index in [1.54, 1.807) is 0 Å². The van der Waals surface area contributed by atoms with Gasteiger partial charge in [-0.2, -0.15) is 0 Å². The number of fused-ring (bicyclic) bond motifs is 4. The molecule has 0 saturated carbocycles. The van der Waals surface area contributed by atoms with Crippen LogP contribution in [-0.2, 0) is 6.42 Å². The SMILES string of the molecule is Cc1cc(C)c2c(c1)Cc1cc3ccccc3nc1-2. The third-order valence-electron chi connectivity index (χ3n) is 3.98. The Morgan fingerprint density at radius 1 is 0.947 bits per heavy atom. The molecule has 0 amide bonds. The fourth-order valence-corrected chi connectivity index (χ4v) is 3.25. The van der Waals surface area contributed by atoms with Crippen molar-refractivity contribution in [2.45, 2.75) is 20.3 Å². The van der Waals surface area contributed by atoms with Crippen LogP contribution in [-0.4, -0.2) is 4.98 Å². The summed E-state index contributed by atoms with van der Waals surface area (Å²) in [4.78, 5) is 4.89. The molecule has 92 valence electrons. The monoisotopic (exact) mass is 245 g/mol. The van der Waals surface area contributed by atoms with E-state index in [2.05, 4.69) is 56.3 Å². The van der Waals surface area contributed by atoms with Gasteiger partial charge in [0.2, 0.25) is 0 Å². The van der Waals surface area contributed by atoms with Crippen molar-refractivity contribution in [3.8, 4) is 11.3 Å². The summed E-state index contributed by atoms with van der Waals surface area (Å²) >= 11 is 0. The molecule has 1 aliphatic rings. The second-order valence-electron chi connectivity index (χ2n) is 5.48. The molecule has 1 nitrogen and oxygen atoms in total. The van der Waals surface area contributed by atoms with Gasteiger partial charge in [-0.3, -0.25) is 0 Å². The second kappa shape index (κ2) is 3.67. The van der Waals surface area contributed by atoms with Gasteiger partial charge in [0.25, 0.3) is 0 Å². The highest BCUT2D eigenvalue weighted by molar-refractivity contribution is 5.87. The zero-order valence-corrected chi connectivity index (χ0v) is 11.2. The van der Waals surface area contributed by atoms with Crippen molar-refractivity contribution in [1.82, 2.24) is 4.98 Å². The molecule has 1 aromatic heterocycles. The Hall–Kier alpha value is -2.15. The lowest BCUT2D eigenvalue weighted by atomic mass is 10.0. The first kappa shape index (κ1) is 10.7. The summed E-state index contributed by atoms with van der Waals surface area (Å²) < 4.78 is 0. The fourth-order valence-electron chi connectivity index (χ4n) is 3.25. The Morgan fingerprint density at radius 2 is 1.79 bits per heavy atom. The van der Waals surface area contributed by atoms with E-state index in [0.717, 1.165) is 11.9 Å². The summed E-state index contributed by atoms with van der Waals surface area (Å²) in [5.74, 6) is 0. The van der Waals surface area contributed by atoms with Gasteiger partial charge in [-0.15, -0.1) is 0 Å². The van der Waals surface area contributed by atoms with Crippen molar-refractivity contribution in [3.05, 3.63) is 64.7 Å². The minimum atomic E-state index is 1.02. The van der Waals surface area contributed by atoms with E-state index in [0.29, 0.717) is 0 Å². The number of para-hydroxylation sites is 1. The van der Waals surface area contributed by atoms with E-state index in [4.69, 9.17) is 4.98 Å². The maximum Gasteiger partial charge on any atom is 0.0750 e. The van der Waals surface area contributed by atoms with Crippen LogP contribution in [0, 0.1) is 13.8 Å². The lowest BCUT2D eigenvalue weighted by molar-refractivity contribution is 1.23. The van der Waals surface area contributed by atoms with E-state index < -0.39 is 0 Å². The van der Waals surface area contributed by atoms with Crippen molar-refractivity contribution in [2.24, 2.45) is 0 Å². The molecule has 0 radical (unpaired) electrons. The highest BCUT2D eigenvalue weighted by Crippen LogP contribution is 2.39. The predicted octanol–water partition coefficient (Wildman–Crippen LogP) is 4.42. The first-order valence-corrected chi connectivity index (χ1v) is 6.71. The molecule has 1 heteroatoms. The van der Waals surface area contributed by atoms with Crippen LogP contribution >= 0.6 is 0 Å². The van der Waals surface area contributed by atoms with Crippen LogP contribution in [0.15, 0.2) is 42.5 Å². The van der Waals surface area contributed by atoms with Crippen LogP contribution in [0.5, 0.6) is 0 Å². The predicted molar refractivity (Wildman–Crippen MR) is 79.5 cm³/mol. The average Bonchev–Trinajstić information content (AvgIpc) is 2.72. The maximum atomic E-state index is 4.89. The number of hydrogen-bond donors (Lipinski definition) is 0. The highest BCUT2D eigenvalue weighted by Gasteiger charge is 2.22. The van der Waals surface area contributed by atoms with Crippen LogP contribution in [0.1, 0.15) is 22.3 Å². The van der Waals surface area contributed by atoms with Gasteiger partial charge < -0.3 is 0 Å². The zero-order chi connectivity index (χ0) is 13.0. The number of nitrogens with zero attached hydrogens (tertiary/aromatic N) is 1. The summed E-state index contributed by atoms with van der Waals surface area (Å²) in [5, 5.41) is 1.24. The number of rotatable bonds is 0. The summed E-state index contributed by atoms with van der Waals surface area (Å²) in [5.41, 5.74) is 9.11. The summed E-state index contributed by atoms with van der Waals surface area (Å²) in [7, 11) is 0. The average molecular weight is 245 g/mol. The smallest absolute Gasteiger partial charge is 0.0750 e. The number of aromatic nitrogens is 1. The molecule has 1 aliphatic carbocycles. The van der Waals surface area contributed by atoms with Crippen LogP contribution < -0.4 is 0 Å². The van der Waals surface area contributed by atoms with Gasteiger partial charge >= 0.3 is 0 Å². The first-order valence-electron chi connectivity index (χ1n) is 6.71. The van der Waals surface area contributed by atoms with Crippen molar-refractivity contribution in [1.29, 1.82) is 0 Å². The molecule has 0 unspecified atom stereocenters. The number of aryl methyl sites for hydroxylation is 2. The van der Waals surface area contributed by atoms with Crippen LogP contribution in [0.25, 0.3) is 22.2 Å². The Morgan fingerprint density at radius 3 is 2.68 bits per heavy atom. The summed E-state index contributed by atoms with van der Waals surface area (Å²) in [6, 6.07) is 15.2. The molecular formula is C18H15N. The molecule has 0 fully saturated rings. The molecular weight excluding hydrogens is 230 g/mol. The van der Waals surface area contributed by atoms with Crippen LogP contribution in [0.3, 0.4) is 0 Å². The van der Waals surface area contributed by atoms with E-state index in [9.17, 15) is 0 Å². The molecule has 0 bridgehead atoms. The van der Waals surface area contributed by atoms with Gasteiger partial charge in [-0.25, -0.2) is 4.98 Å². The van der Waals surface area contributed by atoms with Crippen LogP contribution in [0.2, 0.25) is 0 Å². The van der Waals surface area contributed by atoms with Gasteiger partial charge in [-0.1, -0.05) is 35.9 Å². The van der Waals surface area contributed by atoms with Gasteiger partial charge in [0.1, 0.15) is 0 Å². The molecule has 0 saturated heterocycles. The molecule has 0 spiro atoms. The van der Waals surface area contributed by atoms with Gasteiger partial charge in [0, 0.05) is 17.4 Å². The largest absolute Gasteiger partial charge is 0.247 e. The number of pyridine rings is 1. The van der Waals surface area contributed by atoms with Gasteiger partial charge in [-0.05, 0) is 42.7 Å². The third kappa shape index (κ3) is 1.51. The highest BCUT2D eigenvalue weighted by atomic mass is 14.7. The Bertz CT molecular complexity index is 815. The minimum Gasteiger partial charge on any atom is -0.247 e. The fraction of sp³-hybridized carbons (Fsp3) is 0.167. The molecule has 0 N–H and O–H groups in total. The quantitative estimate of drug-likeness (QED) is 0.447. The Kier molecular flexibility index (Phi) is 2.08. The molecule has 4 rings (SSSR count). The molecule has 19 heavy (non-hydrogen) atoms. The summed E-state index contributed by atoms with van der Waals surface area (Å²) in [6.07, 6.45) is 1.02. The van der Waals surface area contributed by atoms with E-state index >= 15 is 0 Å². The van der Waals surface area contributed by atoms with Gasteiger partial charge in [0.15, 0.2) is 0 Å². The summed E-state index contributed by atoms with van der Waals surface area (Å²) in [6.45, 7) is 4.36. The van der Waals surface area contributed by atoms with Crippen molar-refractivity contribution in [3.63, 3.8) is 0 Å². The molecule has 0 aliphatic heterocycles. The normalized spacial score (nSPS) is 12.5. The standard InChI is InChI=1S/C18H15N/c1-11-7-12(2)17-14(8-11)10-15-9-13-5-3-4-6-16(13)19-18(15)17/h3-9H,10H2,1-2H3. The second-order valence-corrected chi connectivity index (χ2v) is 5.48. The van der Waals surface area contributed by atoms with E-state index in [1.807, 2.05) is 0 Å². The lowest BCUT2D eigenvalue weighted by Crippen LogP contribution is -1.89. The Labute approximate surface area is 112 Å². The molecule has 3 aromatic rings. The van der Waals surface area contributed by atoms with Crippen molar-refractivity contribution >= 4 is 10.9 Å². The minimum absolute atomic E-state index is 1.02. The molecule has 1 heterocycles. The van der Waals surface area contributed by atoms with Crippen LogP contribution in [0.4, 0.5) is 0 Å². The molecule has 0 atom stereocenters. The van der Waals surface area contributed by atoms with Crippen molar-refractivity contribution in [2.75, 3.05) is 0 Å². The molecule has 2 aromatic carbocycles. The number of benzene rings is 2. The van der Waals surface area contributed by atoms with Gasteiger partial charge in [0.05, 0.1) is 11.2 Å². The van der Waals surface area contributed by atoms with E-state index in [-0.39, 0.29) is 0 Å².